The molecule has 0 aliphatic rings. The molecule has 5 N–H and O–H groups in total. The van der Waals surface area contributed by atoms with Gasteiger partial charge in [-0.3, -0.25) is 13.9 Å². The quantitative estimate of drug-likeness (QED) is 0.111. The first-order chi connectivity index (χ1) is 19.6. The molecule has 0 unspecified atom stereocenters. The van der Waals surface area contributed by atoms with Crippen LogP contribution in [-0.4, -0.2) is 52.6 Å². The molecule has 0 atom stereocenters. The maximum Gasteiger partial charge on any atom is 0.397 e. The highest BCUT2D eigenvalue weighted by atomic mass is 32.3. The lowest BCUT2D eigenvalue weighted by atomic mass is 10.1. The van der Waals surface area contributed by atoms with E-state index in [-0.39, 0.29) is 38.1 Å². The molecule has 0 spiro atoms. The maximum atomic E-state index is 12.9. The smallest absolute Gasteiger partial charge is 0.397 e. The number of hydrogen-bond donors (Lipinski definition) is 4. The first kappa shape index (κ1) is 30.7. The molecule has 0 fully saturated rings. The number of nitrogens with two attached hydrogens (primary N) is 1. The van der Waals surface area contributed by atoms with Gasteiger partial charge in [-0.1, -0.05) is 24.3 Å². The summed E-state index contributed by atoms with van der Waals surface area (Å²) in [6, 6.07) is 18.3. The zero-order valence-corrected chi connectivity index (χ0v) is 23.7. The molecule has 0 saturated carbocycles. The van der Waals surface area contributed by atoms with Gasteiger partial charge in [0.1, 0.15) is 5.69 Å². The van der Waals surface area contributed by atoms with Crippen LogP contribution in [0.3, 0.4) is 0 Å². The predicted molar refractivity (Wildman–Crippen MR) is 153 cm³/mol. The average molecular weight is 635 g/mol. The van der Waals surface area contributed by atoms with Crippen LogP contribution >= 0.6 is 0 Å². The molecule has 0 radical (unpaired) electrons. The summed E-state index contributed by atoms with van der Waals surface area (Å²) in [7, 11) is -13.2. The molecular formula is C25H22N4O10S3. The van der Waals surface area contributed by atoms with E-state index in [1.165, 1.54) is 60.7 Å². The number of hydrogen-bond acceptors (Lipinski definition) is 11. The van der Waals surface area contributed by atoms with E-state index in [4.69, 9.17) is 10.3 Å². The van der Waals surface area contributed by atoms with Gasteiger partial charge in [0, 0.05) is 16.6 Å². The van der Waals surface area contributed by atoms with Crippen molar-refractivity contribution in [2.45, 2.75) is 9.79 Å². The minimum absolute atomic E-state index is 0.136. The first-order valence-corrected chi connectivity index (χ1v) is 16.2. The van der Waals surface area contributed by atoms with Crippen molar-refractivity contribution in [3.8, 4) is 0 Å². The average Bonchev–Trinajstić information content (AvgIpc) is 2.91. The summed E-state index contributed by atoms with van der Waals surface area (Å²) in [5.74, 6) is -1.33. The maximum absolute atomic E-state index is 12.9. The van der Waals surface area contributed by atoms with Crippen molar-refractivity contribution in [2.24, 2.45) is 10.2 Å². The highest BCUT2D eigenvalue weighted by molar-refractivity contribution is 7.91. The molecule has 4 aromatic rings. The molecule has 4 aromatic carbocycles. The Morgan fingerprint density at radius 3 is 2.29 bits per heavy atom. The lowest BCUT2D eigenvalue weighted by Crippen LogP contribution is -2.16. The van der Waals surface area contributed by atoms with Gasteiger partial charge in [-0.05, 0) is 60.0 Å². The Balaban J connectivity index is 1.53. The fourth-order valence-electron chi connectivity index (χ4n) is 3.73. The molecule has 1 amide bonds. The third-order valence-corrected chi connectivity index (χ3v) is 8.69. The summed E-state index contributed by atoms with van der Waals surface area (Å²) < 4.78 is 91.2. The van der Waals surface area contributed by atoms with Crippen molar-refractivity contribution >= 4 is 69.8 Å². The predicted octanol–water partition coefficient (Wildman–Crippen LogP) is 3.93. The number of nitrogens with zero attached hydrogens (tertiary/aromatic N) is 2. The summed E-state index contributed by atoms with van der Waals surface area (Å²) in [6.45, 7) is -0.796. The molecule has 42 heavy (non-hydrogen) atoms. The van der Waals surface area contributed by atoms with Crippen LogP contribution in [0.5, 0.6) is 0 Å². The molecule has 0 saturated heterocycles. The topological polar surface area (TPSA) is 232 Å². The van der Waals surface area contributed by atoms with E-state index in [1.807, 2.05) is 0 Å². The summed E-state index contributed by atoms with van der Waals surface area (Å²) in [4.78, 5) is 12.4. The van der Waals surface area contributed by atoms with Crippen molar-refractivity contribution in [3.63, 3.8) is 0 Å². The van der Waals surface area contributed by atoms with Crippen LogP contribution in [0.1, 0.15) is 10.4 Å². The van der Waals surface area contributed by atoms with E-state index in [9.17, 15) is 34.6 Å². The number of amides is 1. The lowest BCUT2D eigenvalue weighted by molar-refractivity contribution is 0.102. The number of benzene rings is 4. The second-order valence-electron chi connectivity index (χ2n) is 8.66. The van der Waals surface area contributed by atoms with Crippen LogP contribution < -0.4 is 11.1 Å². The summed E-state index contributed by atoms with van der Waals surface area (Å²) in [6.07, 6.45) is 0. The van der Waals surface area contributed by atoms with Crippen LogP contribution in [0, 0.1) is 0 Å². The molecule has 0 aliphatic carbocycles. The molecular weight excluding hydrogens is 612 g/mol. The first-order valence-electron chi connectivity index (χ1n) is 11.7. The molecule has 0 heterocycles. The van der Waals surface area contributed by atoms with Gasteiger partial charge in [0.25, 0.3) is 16.0 Å². The summed E-state index contributed by atoms with van der Waals surface area (Å²) >= 11 is 0. The number of carbonyl (C=O) groups excluding carboxylic acids is 1. The van der Waals surface area contributed by atoms with E-state index in [2.05, 4.69) is 19.7 Å². The molecule has 0 bridgehead atoms. The van der Waals surface area contributed by atoms with E-state index in [0.717, 1.165) is 0 Å². The second-order valence-corrected chi connectivity index (χ2v) is 13.3. The highest BCUT2D eigenvalue weighted by Crippen LogP contribution is 2.34. The highest BCUT2D eigenvalue weighted by Gasteiger charge is 2.18. The van der Waals surface area contributed by atoms with E-state index in [1.54, 1.807) is 18.2 Å². The zero-order valence-electron chi connectivity index (χ0n) is 21.3. The van der Waals surface area contributed by atoms with Crippen LogP contribution in [0.4, 0.5) is 22.7 Å². The van der Waals surface area contributed by atoms with Gasteiger partial charge in [-0.25, -0.2) is 12.6 Å². The van der Waals surface area contributed by atoms with E-state index < -0.39 is 48.6 Å². The Morgan fingerprint density at radius 1 is 0.833 bits per heavy atom. The van der Waals surface area contributed by atoms with Crippen LogP contribution in [0.25, 0.3) is 10.8 Å². The number of fused-ring (bicyclic) bond motifs is 1. The minimum Gasteiger partial charge on any atom is -0.397 e. The Labute approximate surface area is 240 Å². The number of nitrogens with one attached hydrogen (secondary N) is 1. The molecule has 4 rings (SSSR count). The Hall–Kier alpha value is -4.26. The minimum atomic E-state index is -4.80. The van der Waals surface area contributed by atoms with Gasteiger partial charge >= 0.3 is 10.4 Å². The van der Waals surface area contributed by atoms with Crippen molar-refractivity contribution in [2.75, 3.05) is 23.4 Å². The van der Waals surface area contributed by atoms with Crippen molar-refractivity contribution in [1.82, 2.24) is 0 Å². The van der Waals surface area contributed by atoms with Crippen molar-refractivity contribution in [3.05, 3.63) is 84.4 Å². The molecule has 0 aliphatic heterocycles. The number of carbonyl (C=O) groups is 1. The largest absolute Gasteiger partial charge is 0.397 e. The van der Waals surface area contributed by atoms with Gasteiger partial charge in [-0.2, -0.15) is 21.9 Å². The zero-order chi connectivity index (χ0) is 30.7. The van der Waals surface area contributed by atoms with E-state index >= 15 is 0 Å². The van der Waals surface area contributed by atoms with E-state index in [0.29, 0.717) is 10.8 Å². The Kier molecular flexibility index (Phi) is 8.71. The Morgan fingerprint density at radius 2 is 1.57 bits per heavy atom. The number of sulfone groups is 1. The number of rotatable bonds is 10. The second kappa shape index (κ2) is 11.9. The fourth-order valence-corrected chi connectivity index (χ4v) is 5.78. The van der Waals surface area contributed by atoms with Gasteiger partial charge in [-0.15, -0.1) is 5.11 Å². The molecule has 220 valence electrons. The number of anilines is 2. The number of nitrogen functional groups attached to an aromatic ring is 1. The van der Waals surface area contributed by atoms with Crippen molar-refractivity contribution in [1.29, 1.82) is 0 Å². The standard InChI is InChI=1S/C25H22N4O10S3/c26-23-10-7-16-14-21(41(33,34)35)8-9-22(16)24(23)29-28-19-5-1-3-17(13-19)25(30)27-18-4-2-6-20(15-18)40(31,32)12-11-39-42(36,37)38/h1-10,13-15H,11-12,26H2,(H,27,30)(H,33,34,35)(H,36,37,38). The van der Waals surface area contributed by atoms with Crippen LogP contribution in [-0.2, 0) is 34.5 Å². The third-order valence-electron chi connectivity index (χ3n) is 5.70. The summed E-state index contributed by atoms with van der Waals surface area (Å²) in [5, 5.41) is 11.8. The molecule has 0 aromatic heterocycles. The molecule has 14 nitrogen and oxygen atoms in total. The molecule has 17 heteroatoms. The van der Waals surface area contributed by atoms with Gasteiger partial charge in [0.05, 0.1) is 33.5 Å². The van der Waals surface area contributed by atoms with Crippen LogP contribution in [0.15, 0.2) is 98.9 Å². The Bertz CT molecular complexity index is 2050. The van der Waals surface area contributed by atoms with Crippen molar-refractivity contribution < 1.29 is 43.3 Å². The SMILES string of the molecule is Nc1ccc2cc(S(=O)(=O)O)ccc2c1N=Nc1cccc(C(=O)Nc2cccc(S(=O)(=O)CCOS(=O)(=O)O)c2)c1. The van der Waals surface area contributed by atoms with Gasteiger partial charge in [0.2, 0.25) is 0 Å². The fraction of sp³-hybridized carbons (Fsp3) is 0.0800. The number of azo groups is 1. The lowest BCUT2D eigenvalue weighted by Gasteiger charge is -2.09. The van der Waals surface area contributed by atoms with Gasteiger partial charge < -0.3 is 11.1 Å². The monoisotopic (exact) mass is 634 g/mol. The third kappa shape index (κ3) is 7.72. The normalized spacial score (nSPS) is 12.5. The van der Waals surface area contributed by atoms with Gasteiger partial charge in [0.15, 0.2) is 9.84 Å². The van der Waals surface area contributed by atoms with Crippen LogP contribution in [0.2, 0.25) is 0 Å². The summed E-state index contributed by atoms with van der Waals surface area (Å²) in [5.41, 5.74) is 7.10.